The Balaban J connectivity index is 1.91. The van der Waals surface area contributed by atoms with Crippen LogP contribution in [0.25, 0.3) is 0 Å². The molecule has 1 aromatic carbocycles. The summed E-state index contributed by atoms with van der Waals surface area (Å²) >= 11 is 0. The van der Waals surface area contributed by atoms with Crippen LogP contribution in [-0.2, 0) is 7.05 Å². The van der Waals surface area contributed by atoms with E-state index in [2.05, 4.69) is 10.4 Å². The van der Waals surface area contributed by atoms with E-state index in [-0.39, 0.29) is 6.04 Å². The fourth-order valence-corrected chi connectivity index (χ4v) is 1.53. The van der Waals surface area contributed by atoms with E-state index in [1.165, 1.54) is 0 Å². The standard InChI is InChI=1S/C12H16N4/c1-16-9-10(7-15-16)12(13)8-14-11-5-3-2-4-6-11/h2-7,9,12,14H,8,13H2,1H3. The van der Waals surface area contributed by atoms with Crippen molar-refractivity contribution >= 4 is 5.69 Å². The molecular weight excluding hydrogens is 200 g/mol. The molecule has 4 nitrogen and oxygen atoms in total. The summed E-state index contributed by atoms with van der Waals surface area (Å²) in [7, 11) is 1.89. The quantitative estimate of drug-likeness (QED) is 0.815. The third-order valence-electron chi connectivity index (χ3n) is 2.45. The number of benzene rings is 1. The second kappa shape index (κ2) is 4.81. The number of nitrogens with zero attached hydrogens (tertiary/aromatic N) is 2. The largest absolute Gasteiger partial charge is 0.383 e. The highest BCUT2D eigenvalue weighted by molar-refractivity contribution is 5.42. The van der Waals surface area contributed by atoms with Crippen LogP contribution in [-0.4, -0.2) is 16.3 Å². The molecule has 1 aromatic heterocycles. The van der Waals surface area contributed by atoms with Crippen LogP contribution in [0.1, 0.15) is 11.6 Å². The number of para-hydroxylation sites is 1. The van der Waals surface area contributed by atoms with E-state index in [9.17, 15) is 0 Å². The van der Waals surface area contributed by atoms with Crippen molar-refractivity contribution in [1.82, 2.24) is 9.78 Å². The van der Waals surface area contributed by atoms with Crippen molar-refractivity contribution in [2.24, 2.45) is 12.8 Å². The summed E-state index contributed by atoms with van der Waals surface area (Å²) in [6.07, 6.45) is 3.74. The van der Waals surface area contributed by atoms with Gasteiger partial charge in [0, 0.05) is 31.0 Å². The predicted octanol–water partition coefficient (Wildman–Crippen LogP) is 1.53. The summed E-state index contributed by atoms with van der Waals surface area (Å²) in [6.45, 7) is 0.704. The fourth-order valence-electron chi connectivity index (χ4n) is 1.53. The van der Waals surface area contributed by atoms with Gasteiger partial charge in [0.2, 0.25) is 0 Å². The van der Waals surface area contributed by atoms with Gasteiger partial charge in [-0.15, -0.1) is 0 Å². The summed E-state index contributed by atoms with van der Waals surface area (Å²) in [5.41, 5.74) is 8.17. The van der Waals surface area contributed by atoms with Crippen molar-refractivity contribution in [3.63, 3.8) is 0 Å². The van der Waals surface area contributed by atoms with Crippen LogP contribution in [0.4, 0.5) is 5.69 Å². The van der Waals surface area contributed by atoms with Crippen molar-refractivity contribution in [2.75, 3.05) is 11.9 Å². The summed E-state index contributed by atoms with van der Waals surface area (Å²) in [5, 5.41) is 7.39. The average Bonchev–Trinajstić information content (AvgIpc) is 2.74. The summed E-state index contributed by atoms with van der Waals surface area (Å²) < 4.78 is 1.76. The van der Waals surface area contributed by atoms with Gasteiger partial charge in [-0.3, -0.25) is 4.68 Å². The monoisotopic (exact) mass is 216 g/mol. The molecule has 84 valence electrons. The molecule has 1 heterocycles. The number of anilines is 1. The van der Waals surface area contributed by atoms with Crippen LogP contribution >= 0.6 is 0 Å². The third kappa shape index (κ3) is 2.61. The number of nitrogens with two attached hydrogens (primary N) is 1. The summed E-state index contributed by atoms with van der Waals surface area (Å²) in [6, 6.07) is 10.0. The number of aryl methyl sites for hydroxylation is 1. The number of aromatic nitrogens is 2. The third-order valence-corrected chi connectivity index (χ3v) is 2.45. The highest BCUT2D eigenvalue weighted by Crippen LogP contribution is 2.11. The van der Waals surface area contributed by atoms with Crippen LogP contribution < -0.4 is 11.1 Å². The number of hydrogen-bond donors (Lipinski definition) is 2. The van der Waals surface area contributed by atoms with E-state index in [4.69, 9.17) is 5.73 Å². The van der Waals surface area contributed by atoms with Crippen LogP contribution in [0.2, 0.25) is 0 Å². The second-order valence-electron chi connectivity index (χ2n) is 3.80. The molecule has 1 atom stereocenters. The minimum Gasteiger partial charge on any atom is -0.383 e. The smallest absolute Gasteiger partial charge is 0.0538 e. The zero-order valence-electron chi connectivity index (χ0n) is 9.30. The first kappa shape index (κ1) is 10.7. The first-order valence-corrected chi connectivity index (χ1v) is 5.29. The lowest BCUT2D eigenvalue weighted by molar-refractivity contribution is 0.749. The highest BCUT2D eigenvalue weighted by atomic mass is 15.2. The Bertz CT molecular complexity index is 435. The molecule has 0 fully saturated rings. The topological polar surface area (TPSA) is 55.9 Å². The van der Waals surface area contributed by atoms with Gasteiger partial charge in [0.1, 0.15) is 0 Å². The maximum atomic E-state index is 6.04. The zero-order valence-corrected chi connectivity index (χ0v) is 9.30. The van der Waals surface area contributed by atoms with Gasteiger partial charge < -0.3 is 11.1 Å². The molecule has 0 aliphatic carbocycles. The van der Waals surface area contributed by atoms with Crippen LogP contribution in [0.5, 0.6) is 0 Å². The molecular formula is C12H16N4. The SMILES string of the molecule is Cn1cc(C(N)CNc2ccccc2)cn1. The maximum Gasteiger partial charge on any atom is 0.0538 e. The molecule has 2 aromatic rings. The highest BCUT2D eigenvalue weighted by Gasteiger charge is 2.07. The Morgan fingerprint density at radius 2 is 2.12 bits per heavy atom. The van der Waals surface area contributed by atoms with E-state index < -0.39 is 0 Å². The van der Waals surface area contributed by atoms with Crippen molar-refractivity contribution in [3.05, 3.63) is 48.3 Å². The predicted molar refractivity (Wildman–Crippen MR) is 65.1 cm³/mol. The van der Waals surface area contributed by atoms with Gasteiger partial charge in [0.25, 0.3) is 0 Å². The van der Waals surface area contributed by atoms with Gasteiger partial charge in [0.05, 0.1) is 12.2 Å². The lowest BCUT2D eigenvalue weighted by Crippen LogP contribution is -2.20. The molecule has 0 radical (unpaired) electrons. The lowest BCUT2D eigenvalue weighted by atomic mass is 10.2. The molecule has 16 heavy (non-hydrogen) atoms. The van der Waals surface area contributed by atoms with Crippen LogP contribution in [0.3, 0.4) is 0 Å². The molecule has 4 heteroatoms. The van der Waals surface area contributed by atoms with Gasteiger partial charge >= 0.3 is 0 Å². The Kier molecular flexibility index (Phi) is 3.22. The molecule has 0 bridgehead atoms. The Morgan fingerprint density at radius 3 is 2.75 bits per heavy atom. The Hall–Kier alpha value is -1.81. The van der Waals surface area contributed by atoms with E-state index in [1.54, 1.807) is 10.9 Å². The number of rotatable bonds is 4. The normalized spacial score (nSPS) is 12.4. The number of hydrogen-bond acceptors (Lipinski definition) is 3. The molecule has 3 N–H and O–H groups in total. The van der Waals surface area contributed by atoms with Crippen molar-refractivity contribution in [3.8, 4) is 0 Å². The van der Waals surface area contributed by atoms with E-state index in [0.717, 1.165) is 11.3 Å². The molecule has 0 saturated heterocycles. The van der Waals surface area contributed by atoms with E-state index in [0.29, 0.717) is 6.54 Å². The summed E-state index contributed by atoms with van der Waals surface area (Å²) in [5.74, 6) is 0. The molecule has 2 rings (SSSR count). The summed E-state index contributed by atoms with van der Waals surface area (Å²) in [4.78, 5) is 0. The Morgan fingerprint density at radius 1 is 1.38 bits per heavy atom. The van der Waals surface area contributed by atoms with Gasteiger partial charge in [0.15, 0.2) is 0 Å². The lowest BCUT2D eigenvalue weighted by Gasteiger charge is -2.11. The average molecular weight is 216 g/mol. The maximum absolute atomic E-state index is 6.04. The van der Waals surface area contributed by atoms with Gasteiger partial charge in [-0.05, 0) is 12.1 Å². The molecule has 0 aliphatic rings. The first-order valence-electron chi connectivity index (χ1n) is 5.29. The molecule has 0 spiro atoms. The first-order chi connectivity index (χ1) is 7.75. The van der Waals surface area contributed by atoms with Crippen molar-refractivity contribution in [1.29, 1.82) is 0 Å². The van der Waals surface area contributed by atoms with E-state index in [1.807, 2.05) is 43.6 Å². The van der Waals surface area contributed by atoms with Gasteiger partial charge in [-0.2, -0.15) is 5.10 Å². The Labute approximate surface area is 95.1 Å². The minimum absolute atomic E-state index is 0.0334. The van der Waals surface area contributed by atoms with Crippen molar-refractivity contribution < 1.29 is 0 Å². The molecule has 0 amide bonds. The fraction of sp³-hybridized carbons (Fsp3) is 0.250. The minimum atomic E-state index is -0.0334. The second-order valence-corrected chi connectivity index (χ2v) is 3.80. The van der Waals surface area contributed by atoms with Crippen LogP contribution in [0.15, 0.2) is 42.7 Å². The molecule has 0 aliphatic heterocycles. The zero-order chi connectivity index (χ0) is 11.4. The van der Waals surface area contributed by atoms with E-state index >= 15 is 0 Å². The molecule has 1 unspecified atom stereocenters. The number of nitrogens with one attached hydrogen (secondary N) is 1. The van der Waals surface area contributed by atoms with Gasteiger partial charge in [-0.1, -0.05) is 18.2 Å². The van der Waals surface area contributed by atoms with Crippen LogP contribution in [0, 0.1) is 0 Å². The van der Waals surface area contributed by atoms with Crippen molar-refractivity contribution in [2.45, 2.75) is 6.04 Å². The molecule has 0 saturated carbocycles. The van der Waals surface area contributed by atoms with Gasteiger partial charge in [-0.25, -0.2) is 0 Å².